The number of carbonyl (C=O) groups is 1. The molecule has 4 aliphatic rings. The Labute approximate surface area is 145 Å². The largest absolute Gasteiger partial charge is 0.463 e. The highest BCUT2D eigenvalue weighted by molar-refractivity contribution is 5.91. The van der Waals surface area contributed by atoms with Crippen molar-refractivity contribution in [3.63, 3.8) is 0 Å². The fraction of sp³-hybridized carbons (Fsp3) is 0.900. The van der Waals surface area contributed by atoms with E-state index < -0.39 is 0 Å². The Hall–Kier alpha value is -1.06. The predicted molar refractivity (Wildman–Crippen MR) is 91.9 cm³/mol. The van der Waals surface area contributed by atoms with E-state index in [9.17, 15) is 10.0 Å². The average molecular weight is 333 g/mol. The molecule has 0 amide bonds. The third kappa shape index (κ3) is 2.48. The van der Waals surface area contributed by atoms with Crippen molar-refractivity contribution < 1.29 is 14.7 Å². The number of nitrogens with zero attached hydrogens (tertiary/aromatic N) is 1. The highest BCUT2D eigenvalue weighted by Gasteiger charge is 2.56. The molecular weight excluding hydrogens is 302 g/mol. The smallest absolute Gasteiger partial charge is 0.302 e. The van der Waals surface area contributed by atoms with E-state index in [2.05, 4.69) is 12.1 Å². The minimum absolute atomic E-state index is 0.123. The second kappa shape index (κ2) is 6.03. The number of esters is 1. The molecule has 1 N–H and O–H groups in total. The molecule has 0 bridgehead atoms. The van der Waals surface area contributed by atoms with E-state index in [-0.39, 0.29) is 17.5 Å². The Kier molecular flexibility index (Phi) is 4.12. The Morgan fingerprint density at radius 1 is 1.12 bits per heavy atom. The normalized spacial score (nSPS) is 49.2. The Balaban J connectivity index is 1.49. The highest BCUT2D eigenvalue weighted by Crippen LogP contribution is 2.61. The van der Waals surface area contributed by atoms with E-state index in [1.807, 2.05) is 0 Å². The molecule has 4 heteroatoms. The van der Waals surface area contributed by atoms with Crippen LogP contribution in [0.4, 0.5) is 0 Å². The maximum Gasteiger partial charge on any atom is 0.302 e. The summed E-state index contributed by atoms with van der Waals surface area (Å²) in [7, 11) is 0. The molecule has 7 atom stereocenters. The van der Waals surface area contributed by atoms with Gasteiger partial charge in [0.15, 0.2) is 0 Å². The van der Waals surface area contributed by atoms with Crippen molar-refractivity contribution in [1.29, 1.82) is 0 Å². The Bertz CT molecular complexity index is 545. The lowest BCUT2D eigenvalue weighted by molar-refractivity contribution is -0.151. The van der Waals surface area contributed by atoms with E-state index >= 15 is 0 Å². The first-order valence-electron chi connectivity index (χ1n) is 9.91. The van der Waals surface area contributed by atoms with Crippen molar-refractivity contribution in [2.75, 3.05) is 0 Å². The summed E-state index contributed by atoms with van der Waals surface area (Å²) in [6.07, 6.45) is 10.8. The van der Waals surface area contributed by atoms with Crippen LogP contribution in [-0.4, -0.2) is 23.0 Å². The van der Waals surface area contributed by atoms with Crippen LogP contribution in [0.3, 0.4) is 0 Å². The second-order valence-corrected chi connectivity index (χ2v) is 9.02. The number of hydrogen-bond acceptors (Lipinski definition) is 4. The van der Waals surface area contributed by atoms with Crippen LogP contribution >= 0.6 is 0 Å². The first kappa shape index (κ1) is 16.4. The number of hydrogen-bond donors (Lipinski definition) is 1. The lowest BCUT2D eigenvalue weighted by atomic mass is 9.50. The van der Waals surface area contributed by atoms with E-state index in [1.165, 1.54) is 45.4 Å². The fourth-order valence-corrected chi connectivity index (χ4v) is 7.10. The number of rotatable bonds is 1. The molecule has 4 aliphatic carbocycles. The van der Waals surface area contributed by atoms with Gasteiger partial charge in [-0.15, -0.1) is 0 Å². The van der Waals surface area contributed by atoms with Crippen LogP contribution in [-0.2, 0) is 9.53 Å². The van der Waals surface area contributed by atoms with Crippen LogP contribution < -0.4 is 0 Å². The van der Waals surface area contributed by atoms with Gasteiger partial charge in [-0.3, -0.25) is 4.79 Å². The summed E-state index contributed by atoms with van der Waals surface area (Å²) in [4.78, 5) is 11.3. The zero-order valence-electron chi connectivity index (χ0n) is 15.0. The molecule has 0 saturated heterocycles. The maximum absolute atomic E-state index is 11.3. The molecule has 0 aliphatic heterocycles. The van der Waals surface area contributed by atoms with Crippen LogP contribution in [0.25, 0.3) is 0 Å². The van der Waals surface area contributed by atoms with E-state index in [0.717, 1.165) is 48.6 Å². The molecule has 24 heavy (non-hydrogen) atoms. The third-order valence-electron chi connectivity index (χ3n) is 8.10. The van der Waals surface area contributed by atoms with Crippen LogP contribution in [0.5, 0.6) is 0 Å². The summed E-state index contributed by atoms with van der Waals surface area (Å²) >= 11 is 0. The predicted octanol–water partition coefficient (Wildman–Crippen LogP) is 4.40. The SMILES string of the molecule is CC(=O)O[C@@H]1CC[C@H]2[C@H](CC[C@@H]3[C@@H]2CC[C@]2(C)/C(=N/O)CC[C@@H]32)C1. The summed E-state index contributed by atoms with van der Waals surface area (Å²) in [5, 5.41) is 13.1. The Morgan fingerprint density at radius 3 is 2.67 bits per heavy atom. The Morgan fingerprint density at radius 2 is 1.92 bits per heavy atom. The van der Waals surface area contributed by atoms with Gasteiger partial charge in [-0.1, -0.05) is 12.1 Å². The van der Waals surface area contributed by atoms with Gasteiger partial charge in [-0.05, 0) is 87.4 Å². The van der Waals surface area contributed by atoms with E-state index in [4.69, 9.17) is 4.74 Å². The number of carbonyl (C=O) groups excluding carboxylic acids is 1. The van der Waals surface area contributed by atoms with Gasteiger partial charge in [-0.2, -0.15) is 0 Å². The zero-order valence-corrected chi connectivity index (χ0v) is 15.0. The molecule has 134 valence electrons. The van der Waals surface area contributed by atoms with Crippen molar-refractivity contribution in [2.45, 2.75) is 77.7 Å². The molecule has 0 aromatic heterocycles. The summed E-state index contributed by atoms with van der Waals surface area (Å²) in [6, 6.07) is 0. The zero-order chi connectivity index (χ0) is 16.9. The molecule has 0 radical (unpaired) electrons. The van der Waals surface area contributed by atoms with Gasteiger partial charge in [0, 0.05) is 12.3 Å². The van der Waals surface area contributed by atoms with E-state index in [1.54, 1.807) is 0 Å². The highest BCUT2D eigenvalue weighted by atomic mass is 16.5. The van der Waals surface area contributed by atoms with Gasteiger partial charge < -0.3 is 9.94 Å². The second-order valence-electron chi connectivity index (χ2n) is 9.02. The van der Waals surface area contributed by atoms with Crippen molar-refractivity contribution >= 4 is 11.7 Å². The van der Waals surface area contributed by atoms with E-state index in [0.29, 0.717) is 5.92 Å². The van der Waals surface area contributed by atoms with Gasteiger partial charge in [0.05, 0.1) is 5.71 Å². The molecule has 4 nitrogen and oxygen atoms in total. The van der Waals surface area contributed by atoms with Crippen LogP contribution in [0.2, 0.25) is 0 Å². The lowest BCUT2D eigenvalue weighted by Gasteiger charge is -2.55. The topological polar surface area (TPSA) is 58.9 Å². The molecule has 0 spiro atoms. The molecule has 4 saturated carbocycles. The molecule has 0 aromatic carbocycles. The summed E-state index contributed by atoms with van der Waals surface area (Å²) in [6.45, 7) is 3.88. The molecule has 0 aromatic rings. The van der Waals surface area contributed by atoms with Crippen LogP contribution in [0, 0.1) is 35.0 Å². The monoisotopic (exact) mass is 333 g/mol. The molecular formula is C20H31NO3. The van der Waals surface area contributed by atoms with Gasteiger partial charge in [-0.25, -0.2) is 0 Å². The minimum Gasteiger partial charge on any atom is -0.463 e. The van der Waals surface area contributed by atoms with Gasteiger partial charge in [0.1, 0.15) is 6.10 Å². The van der Waals surface area contributed by atoms with Crippen molar-refractivity contribution in [3.8, 4) is 0 Å². The standard InChI is InChI=1S/C20H31NO3/c1-12(22)24-14-4-6-15-13(11-14)3-5-17-16(15)9-10-20(2)18(17)7-8-19(20)21-23/h13-18,23H,3-11H2,1-2H3/b21-19+/t13-,14-,15+,16-,17-,18+,20+/m1/s1. The summed E-state index contributed by atoms with van der Waals surface area (Å²) in [5.41, 5.74) is 1.21. The average Bonchev–Trinajstić information content (AvgIpc) is 2.90. The van der Waals surface area contributed by atoms with Gasteiger partial charge in [0.2, 0.25) is 0 Å². The number of fused-ring (bicyclic) bond motifs is 5. The van der Waals surface area contributed by atoms with Crippen LogP contribution in [0.1, 0.15) is 71.6 Å². The molecule has 0 unspecified atom stereocenters. The molecule has 4 rings (SSSR count). The first-order valence-corrected chi connectivity index (χ1v) is 9.91. The van der Waals surface area contributed by atoms with Gasteiger partial charge >= 0.3 is 5.97 Å². The van der Waals surface area contributed by atoms with Crippen LogP contribution in [0.15, 0.2) is 5.16 Å². The molecule has 4 fully saturated rings. The fourth-order valence-electron chi connectivity index (χ4n) is 7.10. The van der Waals surface area contributed by atoms with Crippen molar-refractivity contribution in [3.05, 3.63) is 0 Å². The van der Waals surface area contributed by atoms with Gasteiger partial charge in [0.25, 0.3) is 0 Å². The maximum atomic E-state index is 11.3. The lowest BCUT2D eigenvalue weighted by Crippen LogP contribution is -2.49. The quantitative estimate of drug-likeness (QED) is 0.439. The number of oxime groups is 1. The van der Waals surface area contributed by atoms with Crippen molar-refractivity contribution in [1.82, 2.24) is 0 Å². The third-order valence-corrected chi connectivity index (χ3v) is 8.10. The number of ether oxygens (including phenoxy) is 1. The van der Waals surface area contributed by atoms with Crippen molar-refractivity contribution in [2.24, 2.45) is 40.2 Å². The minimum atomic E-state index is -0.123. The summed E-state index contributed by atoms with van der Waals surface area (Å²) < 4.78 is 5.51. The first-order chi connectivity index (χ1) is 11.5. The molecule has 0 heterocycles. The summed E-state index contributed by atoms with van der Waals surface area (Å²) in [5.74, 6) is 3.83.